The van der Waals surface area contributed by atoms with Crippen LogP contribution >= 0.6 is 22.9 Å². The van der Waals surface area contributed by atoms with Crippen LogP contribution in [0.25, 0.3) is 6.08 Å². The number of aromatic nitrogens is 1. The third kappa shape index (κ3) is 4.43. The second-order valence-electron chi connectivity index (χ2n) is 7.94. The van der Waals surface area contributed by atoms with Crippen LogP contribution in [0.3, 0.4) is 0 Å². The van der Waals surface area contributed by atoms with Gasteiger partial charge in [-0.1, -0.05) is 41.1 Å². The van der Waals surface area contributed by atoms with Crippen LogP contribution in [0.5, 0.6) is 5.75 Å². The fourth-order valence-corrected chi connectivity index (χ4v) is 4.99. The van der Waals surface area contributed by atoms with E-state index in [0.29, 0.717) is 21.8 Å². The minimum absolute atomic E-state index is 0.116. The van der Waals surface area contributed by atoms with Crippen molar-refractivity contribution in [2.24, 2.45) is 4.99 Å². The summed E-state index contributed by atoms with van der Waals surface area (Å²) in [7, 11) is 1.56. The normalized spacial score (nSPS) is 15.9. The molecule has 176 valence electrons. The Morgan fingerprint density at radius 1 is 1.24 bits per heavy atom. The average Bonchev–Trinajstić information content (AvgIpc) is 3.09. The maximum atomic E-state index is 14.4. The number of esters is 1. The fraction of sp³-hybridized carbons (Fsp3) is 0.240. The van der Waals surface area contributed by atoms with E-state index in [0.717, 1.165) is 11.3 Å². The number of hydrogen-bond donors (Lipinski definition) is 0. The zero-order valence-electron chi connectivity index (χ0n) is 19.0. The molecule has 0 radical (unpaired) electrons. The van der Waals surface area contributed by atoms with Gasteiger partial charge in [-0.25, -0.2) is 14.2 Å². The molecule has 0 aliphatic carbocycles. The molecule has 0 bridgehead atoms. The van der Waals surface area contributed by atoms with Crippen molar-refractivity contribution in [1.82, 2.24) is 4.57 Å². The van der Waals surface area contributed by atoms with Crippen LogP contribution < -0.4 is 19.6 Å². The van der Waals surface area contributed by atoms with Crippen molar-refractivity contribution < 1.29 is 18.7 Å². The monoisotopic (exact) mass is 500 g/mol. The Hall–Kier alpha value is -3.23. The average molecular weight is 501 g/mol. The molecule has 1 aliphatic heterocycles. The first-order valence-electron chi connectivity index (χ1n) is 10.5. The molecular weight excluding hydrogens is 479 g/mol. The van der Waals surface area contributed by atoms with E-state index in [2.05, 4.69) is 4.99 Å². The van der Waals surface area contributed by atoms with E-state index in [1.807, 2.05) is 0 Å². The van der Waals surface area contributed by atoms with Crippen molar-refractivity contribution in [2.75, 3.05) is 7.11 Å². The highest BCUT2D eigenvalue weighted by Crippen LogP contribution is 2.32. The highest BCUT2D eigenvalue weighted by molar-refractivity contribution is 7.07. The molecule has 0 amide bonds. The Balaban J connectivity index is 1.97. The molecule has 2 aromatic carbocycles. The zero-order chi connectivity index (χ0) is 24.6. The number of allylic oxidation sites excluding steroid dienone is 1. The topological polar surface area (TPSA) is 69.9 Å². The summed E-state index contributed by atoms with van der Waals surface area (Å²) >= 11 is 7.27. The number of hydrogen-bond acceptors (Lipinski definition) is 6. The second kappa shape index (κ2) is 9.56. The molecule has 0 saturated carbocycles. The summed E-state index contributed by atoms with van der Waals surface area (Å²) in [6.45, 7) is 5.21. The lowest BCUT2D eigenvalue weighted by Crippen LogP contribution is -2.40. The van der Waals surface area contributed by atoms with E-state index in [4.69, 9.17) is 21.1 Å². The van der Waals surface area contributed by atoms with Crippen molar-refractivity contribution >= 4 is 35.0 Å². The van der Waals surface area contributed by atoms with Gasteiger partial charge in [-0.3, -0.25) is 9.36 Å². The maximum Gasteiger partial charge on any atom is 0.338 e. The van der Waals surface area contributed by atoms with Crippen LogP contribution in [0.2, 0.25) is 5.02 Å². The standard InChI is InChI=1S/C25H22ClFN2O4S/c1-13(2)33-24(31)21-14(3)28-25-29(22(21)15-8-10-16(32-4)11-9-15)23(30)20(34-25)12-17-18(26)6-5-7-19(17)27/h5-13,22H,1-4H3/b20-12-/t22-/m0/s1. The summed E-state index contributed by atoms with van der Waals surface area (Å²) in [6, 6.07) is 10.6. The smallest absolute Gasteiger partial charge is 0.338 e. The van der Waals surface area contributed by atoms with Gasteiger partial charge in [0.1, 0.15) is 11.6 Å². The molecular formula is C25H22ClFN2O4S. The minimum atomic E-state index is -0.772. The molecule has 1 atom stereocenters. The van der Waals surface area contributed by atoms with Crippen LogP contribution in [0, 0.1) is 5.82 Å². The van der Waals surface area contributed by atoms with E-state index < -0.39 is 23.4 Å². The number of methoxy groups -OCH3 is 1. The van der Waals surface area contributed by atoms with Crippen molar-refractivity contribution in [2.45, 2.75) is 32.9 Å². The van der Waals surface area contributed by atoms with E-state index >= 15 is 0 Å². The van der Waals surface area contributed by atoms with Gasteiger partial charge in [0.05, 0.1) is 40.1 Å². The molecule has 1 aliphatic rings. The van der Waals surface area contributed by atoms with E-state index in [1.165, 1.54) is 22.8 Å². The third-order valence-corrected chi connectivity index (χ3v) is 6.60. The van der Waals surface area contributed by atoms with Gasteiger partial charge in [0.25, 0.3) is 5.56 Å². The molecule has 0 saturated heterocycles. The number of fused-ring (bicyclic) bond motifs is 1. The van der Waals surface area contributed by atoms with Crippen LogP contribution in [0.1, 0.15) is 37.9 Å². The van der Waals surface area contributed by atoms with Crippen molar-refractivity contribution in [3.8, 4) is 5.75 Å². The summed E-state index contributed by atoms with van der Waals surface area (Å²) < 4.78 is 26.8. The largest absolute Gasteiger partial charge is 0.497 e. The third-order valence-electron chi connectivity index (χ3n) is 5.29. The lowest BCUT2D eigenvalue weighted by Gasteiger charge is -2.25. The van der Waals surface area contributed by atoms with E-state index in [1.54, 1.807) is 58.2 Å². The summed E-state index contributed by atoms with van der Waals surface area (Å²) in [4.78, 5) is 31.6. The molecule has 0 spiro atoms. The number of nitrogens with zero attached hydrogens (tertiary/aromatic N) is 2. The second-order valence-corrected chi connectivity index (χ2v) is 9.36. The number of carbonyl (C=O) groups is 1. The highest BCUT2D eigenvalue weighted by Gasteiger charge is 2.33. The van der Waals surface area contributed by atoms with E-state index in [-0.39, 0.29) is 26.8 Å². The van der Waals surface area contributed by atoms with Crippen LogP contribution in [-0.2, 0) is 9.53 Å². The Labute approximate surface area is 204 Å². The predicted molar refractivity (Wildman–Crippen MR) is 129 cm³/mol. The molecule has 3 aromatic rings. The molecule has 1 aromatic heterocycles. The van der Waals surface area contributed by atoms with Gasteiger partial charge in [-0.2, -0.15) is 0 Å². The van der Waals surface area contributed by atoms with Crippen molar-refractivity contribution in [3.05, 3.63) is 95.4 Å². The quantitative estimate of drug-likeness (QED) is 0.497. The molecule has 0 unspecified atom stereocenters. The number of carbonyl (C=O) groups excluding carboxylic acids is 1. The van der Waals surface area contributed by atoms with Gasteiger partial charge < -0.3 is 9.47 Å². The van der Waals surface area contributed by atoms with Gasteiger partial charge in [0.15, 0.2) is 4.80 Å². The Morgan fingerprint density at radius 3 is 2.56 bits per heavy atom. The zero-order valence-corrected chi connectivity index (χ0v) is 20.5. The number of ether oxygens (including phenoxy) is 2. The molecule has 34 heavy (non-hydrogen) atoms. The van der Waals surface area contributed by atoms with Crippen molar-refractivity contribution in [3.63, 3.8) is 0 Å². The van der Waals surface area contributed by atoms with Crippen LogP contribution in [-0.4, -0.2) is 23.8 Å². The first-order valence-corrected chi connectivity index (χ1v) is 11.7. The van der Waals surface area contributed by atoms with Crippen LogP contribution in [0.15, 0.2) is 63.5 Å². The maximum absolute atomic E-state index is 14.4. The predicted octanol–water partition coefficient (Wildman–Crippen LogP) is 3.99. The minimum Gasteiger partial charge on any atom is -0.497 e. The molecule has 0 fully saturated rings. The molecule has 2 heterocycles. The Morgan fingerprint density at radius 2 is 1.94 bits per heavy atom. The van der Waals surface area contributed by atoms with Crippen molar-refractivity contribution in [1.29, 1.82) is 0 Å². The Bertz CT molecular complexity index is 1450. The molecule has 4 rings (SSSR count). The molecule has 0 N–H and O–H groups in total. The van der Waals surface area contributed by atoms with Gasteiger partial charge >= 0.3 is 5.97 Å². The Kier molecular flexibility index (Phi) is 6.72. The van der Waals surface area contributed by atoms with Gasteiger partial charge in [-0.15, -0.1) is 0 Å². The van der Waals surface area contributed by atoms with Gasteiger partial charge in [0.2, 0.25) is 0 Å². The highest BCUT2D eigenvalue weighted by atomic mass is 35.5. The summed E-state index contributed by atoms with van der Waals surface area (Å²) in [6.07, 6.45) is 1.06. The first kappa shape index (κ1) is 23.9. The number of benzene rings is 2. The van der Waals surface area contributed by atoms with Crippen LogP contribution in [0.4, 0.5) is 4.39 Å². The SMILES string of the molecule is COc1ccc([C@H]2C(C(=O)OC(C)C)=C(C)N=c3s/c(=C\c4c(F)cccc4Cl)c(=O)n32)cc1. The fourth-order valence-electron chi connectivity index (χ4n) is 3.74. The summed E-state index contributed by atoms with van der Waals surface area (Å²) in [5, 5.41) is 0.190. The summed E-state index contributed by atoms with van der Waals surface area (Å²) in [5.41, 5.74) is 1.10. The van der Waals surface area contributed by atoms with Gasteiger partial charge in [0, 0.05) is 5.56 Å². The molecule has 6 nitrogen and oxygen atoms in total. The lowest BCUT2D eigenvalue weighted by molar-refractivity contribution is -0.143. The molecule has 9 heteroatoms. The van der Waals surface area contributed by atoms with E-state index in [9.17, 15) is 14.0 Å². The number of rotatable bonds is 5. The lowest BCUT2D eigenvalue weighted by atomic mass is 9.96. The van der Waals surface area contributed by atoms with Gasteiger partial charge in [-0.05, 0) is 56.7 Å². The summed E-state index contributed by atoms with van der Waals surface area (Å²) in [5.74, 6) is -0.455. The number of thiazole rings is 1. The number of halogens is 2. The first-order chi connectivity index (χ1) is 16.2.